The van der Waals surface area contributed by atoms with Crippen LogP contribution in [0.4, 0.5) is 0 Å². The number of nitrogens with zero attached hydrogens (tertiary/aromatic N) is 4. The zero-order valence-corrected chi connectivity index (χ0v) is 18.0. The van der Waals surface area contributed by atoms with Crippen molar-refractivity contribution in [1.82, 2.24) is 19.0 Å². The number of aromatic nitrogens is 2. The Kier molecular flexibility index (Phi) is 6.54. The number of amides is 1. The molecule has 1 amide bonds. The van der Waals surface area contributed by atoms with Crippen LogP contribution in [-0.2, 0) is 21.9 Å². The van der Waals surface area contributed by atoms with Crippen LogP contribution in [0.25, 0.3) is 6.08 Å². The molecule has 0 aliphatic carbocycles. The average Bonchev–Trinajstić information content (AvgIpc) is 3.16. The predicted octanol–water partition coefficient (Wildman–Crippen LogP) is 2.48. The maximum absolute atomic E-state index is 12.9. The second-order valence-corrected chi connectivity index (χ2v) is 9.26. The molecule has 1 aromatic heterocycles. The van der Waals surface area contributed by atoms with Crippen LogP contribution in [-0.4, -0.2) is 59.5 Å². The first kappa shape index (κ1) is 21.3. The minimum atomic E-state index is -3.55. The summed E-state index contributed by atoms with van der Waals surface area (Å²) in [4.78, 5) is 14.4. The zero-order valence-electron chi connectivity index (χ0n) is 17.2. The van der Waals surface area contributed by atoms with Crippen molar-refractivity contribution in [2.24, 2.45) is 7.05 Å². The Morgan fingerprint density at radius 3 is 2.34 bits per heavy atom. The van der Waals surface area contributed by atoms with Gasteiger partial charge in [-0.15, -0.1) is 0 Å². The van der Waals surface area contributed by atoms with Gasteiger partial charge in [-0.2, -0.15) is 9.40 Å². The Balaban J connectivity index is 1.61. The summed E-state index contributed by atoms with van der Waals surface area (Å²) in [5, 5.41) is 4.06. The lowest BCUT2D eigenvalue weighted by atomic mass is 9.99. The molecular weight excluding hydrogens is 388 g/mol. The van der Waals surface area contributed by atoms with Gasteiger partial charge in [0.05, 0.1) is 10.6 Å². The third-order valence-electron chi connectivity index (χ3n) is 5.51. The highest BCUT2D eigenvalue weighted by molar-refractivity contribution is 7.89. The number of benzene rings is 1. The summed E-state index contributed by atoms with van der Waals surface area (Å²) in [6.07, 6.45) is 5.91. The van der Waals surface area contributed by atoms with Crippen molar-refractivity contribution >= 4 is 22.0 Å². The van der Waals surface area contributed by atoms with Gasteiger partial charge in [0, 0.05) is 45.5 Å². The summed E-state index contributed by atoms with van der Waals surface area (Å²) in [7, 11) is -1.74. The van der Waals surface area contributed by atoms with E-state index in [1.54, 1.807) is 34.0 Å². The summed E-state index contributed by atoms with van der Waals surface area (Å²) < 4.78 is 29.0. The molecular formula is C21H28N4O3S. The van der Waals surface area contributed by atoms with Gasteiger partial charge in [0.25, 0.3) is 0 Å². The third-order valence-corrected chi connectivity index (χ3v) is 7.42. The molecule has 8 heteroatoms. The van der Waals surface area contributed by atoms with Crippen molar-refractivity contribution in [3.05, 3.63) is 53.9 Å². The second-order valence-electron chi connectivity index (χ2n) is 7.32. The van der Waals surface area contributed by atoms with Crippen LogP contribution in [0.3, 0.4) is 0 Å². The maximum Gasteiger partial charge on any atom is 0.246 e. The Morgan fingerprint density at radius 1 is 1.14 bits per heavy atom. The second kappa shape index (κ2) is 8.92. The molecule has 3 rings (SSSR count). The van der Waals surface area contributed by atoms with Crippen LogP contribution in [0.15, 0.2) is 47.5 Å². The molecule has 0 saturated carbocycles. The van der Waals surface area contributed by atoms with Crippen molar-refractivity contribution in [2.75, 3.05) is 26.2 Å². The molecule has 7 nitrogen and oxygen atoms in total. The fourth-order valence-corrected chi connectivity index (χ4v) is 4.73. The fourth-order valence-electron chi connectivity index (χ4n) is 3.31. The molecule has 1 aromatic carbocycles. The highest BCUT2D eigenvalue weighted by Gasteiger charge is 2.29. The number of rotatable bonds is 6. The molecule has 1 unspecified atom stereocenters. The molecule has 1 fully saturated rings. The third kappa shape index (κ3) is 4.76. The molecule has 0 radical (unpaired) electrons. The predicted molar refractivity (Wildman–Crippen MR) is 113 cm³/mol. The number of aryl methyl sites for hydroxylation is 1. The Bertz CT molecular complexity index is 972. The van der Waals surface area contributed by atoms with E-state index in [0.29, 0.717) is 37.0 Å². The topological polar surface area (TPSA) is 75.5 Å². The van der Waals surface area contributed by atoms with Crippen LogP contribution < -0.4 is 0 Å². The zero-order chi connectivity index (χ0) is 21.0. The Morgan fingerprint density at radius 2 is 1.79 bits per heavy atom. The summed E-state index contributed by atoms with van der Waals surface area (Å²) in [5.74, 6) is 0.280. The van der Waals surface area contributed by atoms with Gasteiger partial charge >= 0.3 is 0 Å². The van der Waals surface area contributed by atoms with Crippen LogP contribution in [0.5, 0.6) is 0 Å². The van der Waals surface area contributed by atoms with E-state index in [4.69, 9.17) is 0 Å². The number of carbonyl (C=O) groups is 1. The van der Waals surface area contributed by atoms with Gasteiger partial charge in [0.15, 0.2) is 0 Å². The average molecular weight is 417 g/mol. The minimum absolute atomic E-state index is 0.124. The highest BCUT2D eigenvalue weighted by Crippen LogP contribution is 2.23. The molecule has 0 spiro atoms. The first-order chi connectivity index (χ1) is 13.8. The summed E-state index contributed by atoms with van der Waals surface area (Å²) in [5.41, 5.74) is 1.97. The Labute approximate surface area is 172 Å². The lowest BCUT2D eigenvalue weighted by Gasteiger charge is -2.33. The molecule has 0 N–H and O–H groups in total. The first-order valence-electron chi connectivity index (χ1n) is 9.88. The van der Waals surface area contributed by atoms with Crippen LogP contribution in [0, 0.1) is 0 Å². The van der Waals surface area contributed by atoms with E-state index in [9.17, 15) is 13.2 Å². The van der Waals surface area contributed by atoms with Gasteiger partial charge < -0.3 is 4.90 Å². The smallest absolute Gasteiger partial charge is 0.246 e. The Hall–Kier alpha value is -2.45. The minimum Gasteiger partial charge on any atom is -0.337 e. The van der Waals surface area contributed by atoms with E-state index in [-0.39, 0.29) is 5.91 Å². The van der Waals surface area contributed by atoms with Gasteiger partial charge in [-0.25, -0.2) is 8.42 Å². The van der Waals surface area contributed by atoms with Crippen LogP contribution in [0.2, 0.25) is 0 Å². The SMILES string of the molecule is CCC(C)c1ccc(S(=O)(=O)N2CCN(C(=O)C=Cc3ccnn3C)CC2)cc1. The highest BCUT2D eigenvalue weighted by atomic mass is 32.2. The van der Waals surface area contributed by atoms with E-state index in [0.717, 1.165) is 17.7 Å². The van der Waals surface area contributed by atoms with Crippen LogP contribution >= 0.6 is 0 Å². The molecule has 1 aliphatic heterocycles. The molecule has 156 valence electrons. The quantitative estimate of drug-likeness (QED) is 0.678. The molecule has 1 atom stereocenters. The van der Waals surface area contributed by atoms with E-state index in [1.165, 1.54) is 10.4 Å². The van der Waals surface area contributed by atoms with Gasteiger partial charge in [0.1, 0.15) is 0 Å². The number of piperazine rings is 1. The lowest BCUT2D eigenvalue weighted by molar-refractivity contribution is -0.127. The number of hydrogen-bond acceptors (Lipinski definition) is 4. The van der Waals surface area contributed by atoms with Gasteiger partial charge in [-0.1, -0.05) is 26.0 Å². The van der Waals surface area contributed by atoms with E-state index in [2.05, 4.69) is 18.9 Å². The van der Waals surface area contributed by atoms with E-state index < -0.39 is 10.0 Å². The molecule has 2 aromatic rings. The van der Waals surface area contributed by atoms with Crippen LogP contribution in [0.1, 0.15) is 37.4 Å². The molecule has 1 aliphatic rings. The standard InChI is InChI=1S/C21H28N4O3S/c1-4-17(2)18-5-8-20(9-6-18)29(27,28)25-15-13-24(14-16-25)21(26)10-7-19-11-12-22-23(19)3/h5-12,17H,4,13-16H2,1-3H3. The fraction of sp³-hybridized carbons (Fsp3) is 0.429. The summed E-state index contributed by atoms with van der Waals surface area (Å²) in [6, 6.07) is 8.98. The van der Waals surface area contributed by atoms with Crippen molar-refractivity contribution in [2.45, 2.75) is 31.1 Å². The largest absolute Gasteiger partial charge is 0.337 e. The summed E-state index contributed by atoms with van der Waals surface area (Å²) >= 11 is 0. The van der Waals surface area contributed by atoms with Crippen molar-refractivity contribution in [3.8, 4) is 0 Å². The molecule has 0 bridgehead atoms. The summed E-state index contributed by atoms with van der Waals surface area (Å²) in [6.45, 7) is 5.57. The number of sulfonamides is 1. The monoisotopic (exact) mass is 416 g/mol. The van der Waals surface area contributed by atoms with Crippen molar-refractivity contribution in [1.29, 1.82) is 0 Å². The van der Waals surface area contributed by atoms with Gasteiger partial charge in [-0.05, 0) is 42.2 Å². The maximum atomic E-state index is 12.9. The van der Waals surface area contributed by atoms with Crippen molar-refractivity contribution in [3.63, 3.8) is 0 Å². The number of carbonyl (C=O) groups excluding carboxylic acids is 1. The number of hydrogen-bond donors (Lipinski definition) is 0. The normalized spacial score (nSPS) is 17.0. The van der Waals surface area contributed by atoms with Crippen molar-refractivity contribution < 1.29 is 13.2 Å². The van der Waals surface area contributed by atoms with Gasteiger partial charge in [-0.3, -0.25) is 9.48 Å². The van der Waals surface area contributed by atoms with E-state index in [1.807, 2.05) is 25.2 Å². The lowest BCUT2D eigenvalue weighted by Crippen LogP contribution is -2.50. The van der Waals surface area contributed by atoms with E-state index >= 15 is 0 Å². The molecule has 29 heavy (non-hydrogen) atoms. The molecule has 2 heterocycles. The first-order valence-corrected chi connectivity index (χ1v) is 11.3. The van der Waals surface area contributed by atoms with Gasteiger partial charge in [0.2, 0.25) is 15.9 Å². The molecule has 1 saturated heterocycles.